The number of carbonyl (C=O) groups is 1. The Morgan fingerprint density at radius 3 is 2.78 bits per heavy atom. The van der Waals surface area contributed by atoms with Gasteiger partial charge < -0.3 is 14.7 Å². The SMILES string of the molecule is C=NN(N=C)c1ccc(C)cc1C(=O)N1C[C@H](CO)OCC1C. The molecular weight excluding hydrogens is 296 g/mol. The number of hydrazone groups is 2. The Morgan fingerprint density at radius 1 is 1.48 bits per heavy atom. The topological polar surface area (TPSA) is 77.7 Å². The average molecular weight is 318 g/mol. The number of anilines is 1. The molecule has 1 heterocycles. The molecule has 1 saturated heterocycles. The molecule has 124 valence electrons. The zero-order valence-electron chi connectivity index (χ0n) is 13.5. The largest absolute Gasteiger partial charge is 0.394 e. The van der Waals surface area contributed by atoms with E-state index in [0.717, 1.165) is 5.56 Å². The van der Waals surface area contributed by atoms with Gasteiger partial charge in [-0.05, 0) is 26.0 Å². The second-order valence-corrected chi connectivity index (χ2v) is 5.54. The van der Waals surface area contributed by atoms with Crippen LogP contribution in [-0.4, -0.2) is 61.3 Å². The number of aryl methyl sites for hydroxylation is 1. The van der Waals surface area contributed by atoms with Crippen LogP contribution in [0.2, 0.25) is 0 Å². The first-order valence-corrected chi connectivity index (χ1v) is 7.39. The van der Waals surface area contributed by atoms with Gasteiger partial charge in [0.1, 0.15) is 0 Å². The van der Waals surface area contributed by atoms with Crippen LogP contribution in [0.3, 0.4) is 0 Å². The fourth-order valence-corrected chi connectivity index (χ4v) is 2.56. The normalized spacial score (nSPS) is 20.9. The number of aliphatic hydroxyl groups is 1. The molecule has 7 nitrogen and oxygen atoms in total. The van der Waals surface area contributed by atoms with Crippen LogP contribution >= 0.6 is 0 Å². The summed E-state index contributed by atoms with van der Waals surface area (Å²) in [6.07, 6.45) is -0.366. The highest BCUT2D eigenvalue weighted by molar-refractivity contribution is 6.00. The summed E-state index contributed by atoms with van der Waals surface area (Å²) in [6, 6.07) is 5.34. The number of hydrogen-bond donors (Lipinski definition) is 1. The molecule has 0 radical (unpaired) electrons. The van der Waals surface area contributed by atoms with Gasteiger partial charge in [0.2, 0.25) is 0 Å². The highest BCUT2D eigenvalue weighted by atomic mass is 16.5. The maximum Gasteiger partial charge on any atom is 0.256 e. The van der Waals surface area contributed by atoms with Gasteiger partial charge in [-0.2, -0.15) is 15.3 Å². The molecule has 0 bridgehead atoms. The van der Waals surface area contributed by atoms with Gasteiger partial charge in [-0.25, -0.2) is 0 Å². The van der Waals surface area contributed by atoms with Gasteiger partial charge in [0.15, 0.2) is 0 Å². The lowest BCUT2D eigenvalue weighted by atomic mass is 10.1. The molecule has 0 aromatic heterocycles. The lowest BCUT2D eigenvalue weighted by Gasteiger charge is -2.37. The summed E-state index contributed by atoms with van der Waals surface area (Å²) in [4.78, 5) is 14.7. The highest BCUT2D eigenvalue weighted by Crippen LogP contribution is 2.26. The molecule has 1 aromatic carbocycles. The molecule has 1 aliphatic rings. The fraction of sp³-hybridized carbons (Fsp3) is 0.438. The van der Waals surface area contributed by atoms with Crippen molar-refractivity contribution in [1.82, 2.24) is 4.90 Å². The first-order valence-electron chi connectivity index (χ1n) is 7.39. The van der Waals surface area contributed by atoms with E-state index >= 15 is 0 Å². The molecular formula is C16H22N4O3. The van der Waals surface area contributed by atoms with Crippen molar-refractivity contribution in [1.29, 1.82) is 0 Å². The Hall–Kier alpha value is -2.25. The van der Waals surface area contributed by atoms with E-state index in [2.05, 4.69) is 23.6 Å². The molecule has 1 aliphatic heterocycles. The zero-order chi connectivity index (χ0) is 17.0. The summed E-state index contributed by atoms with van der Waals surface area (Å²) >= 11 is 0. The lowest BCUT2D eigenvalue weighted by molar-refractivity contribution is -0.0667. The van der Waals surface area contributed by atoms with Crippen molar-refractivity contribution in [2.75, 3.05) is 24.9 Å². The molecule has 1 fully saturated rings. The molecule has 1 amide bonds. The van der Waals surface area contributed by atoms with Crippen LogP contribution < -0.4 is 5.12 Å². The number of amides is 1. The fourth-order valence-electron chi connectivity index (χ4n) is 2.56. The van der Waals surface area contributed by atoms with Crippen molar-refractivity contribution in [3.05, 3.63) is 29.3 Å². The van der Waals surface area contributed by atoms with Gasteiger partial charge in [-0.15, -0.1) is 0 Å². The molecule has 2 rings (SSSR count). The first-order chi connectivity index (χ1) is 11.0. The Morgan fingerprint density at radius 2 is 2.17 bits per heavy atom. The molecule has 1 aromatic rings. The van der Waals surface area contributed by atoms with Crippen LogP contribution in [0.4, 0.5) is 5.69 Å². The molecule has 1 unspecified atom stereocenters. The van der Waals surface area contributed by atoms with Gasteiger partial charge in [-0.1, -0.05) is 11.6 Å². The van der Waals surface area contributed by atoms with Gasteiger partial charge in [0.25, 0.3) is 5.91 Å². The van der Waals surface area contributed by atoms with Crippen LogP contribution in [0, 0.1) is 6.92 Å². The monoisotopic (exact) mass is 318 g/mol. The Balaban J connectivity index is 2.39. The summed E-state index contributed by atoms with van der Waals surface area (Å²) in [5, 5.41) is 18.0. The highest BCUT2D eigenvalue weighted by Gasteiger charge is 2.31. The Labute approximate surface area is 135 Å². The number of rotatable bonds is 5. The van der Waals surface area contributed by atoms with Gasteiger partial charge in [0, 0.05) is 20.0 Å². The predicted octanol–water partition coefficient (Wildman–Crippen LogP) is 1.25. The number of hydrogen-bond acceptors (Lipinski definition) is 6. The molecule has 23 heavy (non-hydrogen) atoms. The van der Waals surface area contributed by atoms with Crippen LogP contribution in [-0.2, 0) is 4.74 Å². The maximum atomic E-state index is 13.0. The number of aliphatic hydroxyl groups excluding tert-OH is 1. The number of ether oxygens (including phenoxy) is 1. The standard InChI is InChI=1S/C16H22N4O3/c1-11-5-6-15(20(17-3)18-4)14(7-11)16(22)19-8-13(9-21)23-10-12(19)2/h5-7,12-13,21H,3-4,8-10H2,1-2H3/t12?,13-/m1/s1. The van der Waals surface area contributed by atoms with Crippen LogP contribution in [0.25, 0.3) is 0 Å². The van der Waals surface area contributed by atoms with E-state index in [1.807, 2.05) is 19.9 Å². The van der Waals surface area contributed by atoms with E-state index in [4.69, 9.17) is 4.74 Å². The van der Waals surface area contributed by atoms with E-state index in [9.17, 15) is 9.90 Å². The molecule has 7 heteroatoms. The molecule has 1 N–H and O–H groups in total. The smallest absolute Gasteiger partial charge is 0.256 e. The van der Waals surface area contributed by atoms with Gasteiger partial charge in [0.05, 0.1) is 36.6 Å². The van der Waals surface area contributed by atoms with E-state index in [-0.39, 0.29) is 24.7 Å². The third kappa shape index (κ3) is 3.57. The van der Waals surface area contributed by atoms with Gasteiger partial charge in [-0.3, -0.25) is 4.79 Å². The van der Waals surface area contributed by atoms with Crippen LogP contribution in [0.1, 0.15) is 22.8 Å². The summed E-state index contributed by atoms with van der Waals surface area (Å²) < 4.78 is 5.49. The number of nitrogens with zero attached hydrogens (tertiary/aromatic N) is 4. The lowest BCUT2D eigenvalue weighted by Crippen LogP contribution is -2.52. The third-order valence-electron chi connectivity index (χ3n) is 3.84. The minimum atomic E-state index is -0.366. The van der Waals surface area contributed by atoms with Crippen molar-refractivity contribution in [2.24, 2.45) is 10.2 Å². The third-order valence-corrected chi connectivity index (χ3v) is 3.84. The Bertz CT molecular complexity index is 597. The van der Waals surface area contributed by atoms with E-state index < -0.39 is 0 Å². The first kappa shape index (κ1) is 17.1. The van der Waals surface area contributed by atoms with Crippen LogP contribution in [0.5, 0.6) is 0 Å². The van der Waals surface area contributed by atoms with Crippen molar-refractivity contribution < 1.29 is 14.6 Å². The van der Waals surface area contributed by atoms with Crippen molar-refractivity contribution in [3.63, 3.8) is 0 Å². The average Bonchev–Trinajstić information content (AvgIpc) is 2.57. The van der Waals surface area contributed by atoms with Crippen LogP contribution in [0.15, 0.2) is 28.4 Å². The number of benzene rings is 1. The second kappa shape index (κ2) is 7.34. The minimum Gasteiger partial charge on any atom is -0.394 e. The number of carbonyl (C=O) groups excluding carboxylic acids is 1. The molecule has 2 atom stereocenters. The van der Waals surface area contributed by atoms with Crippen molar-refractivity contribution >= 4 is 25.0 Å². The van der Waals surface area contributed by atoms with E-state index in [0.29, 0.717) is 24.4 Å². The van der Waals surface area contributed by atoms with E-state index in [1.165, 1.54) is 5.12 Å². The van der Waals surface area contributed by atoms with Crippen molar-refractivity contribution in [3.8, 4) is 0 Å². The van der Waals surface area contributed by atoms with Gasteiger partial charge >= 0.3 is 0 Å². The minimum absolute atomic E-state index is 0.0829. The molecule has 0 spiro atoms. The quantitative estimate of drug-likeness (QED) is 0.655. The summed E-state index contributed by atoms with van der Waals surface area (Å²) in [5.74, 6) is -0.157. The second-order valence-electron chi connectivity index (χ2n) is 5.54. The molecule has 0 saturated carbocycles. The predicted molar refractivity (Wildman–Crippen MR) is 90.1 cm³/mol. The number of morpholine rings is 1. The van der Waals surface area contributed by atoms with Crippen molar-refractivity contribution in [2.45, 2.75) is 26.0 Å². The summed E-state index contributed by atoms with van der Waals surface area (Å²) in [7, 11) is 0. The Kier molecular flexibility index (Phi) is 5.46. The zero-order valence-corrected chi connectivity index (χ0v) is 13.5. The van der Waals surface area contributed by atoms with E-state index in [1.54, 1.807) is 17.0 Å². The summed E-state index contributed by atoms with van der Waals surface area (Å²) in [5.41, 5.74) is 1.94. The maximum absolute atomic E-state index is 13.0. The molecule has 0 aliphatic carbocycles. The summed E-state index contributed by atoms with van der Waals surface area (Å²) in [6.45, 7) is 11.3.